The SMILES string of the molecule is CCCCCCCCCCCCCC(=O)OC[C@H](COC(=O)CCCCCCCCCCCCCCCCC(C)CC)OC(=O)CCCCCCCCCCCCCCCCCCCCC(C)CC. The van der Waals surface area contributed by atoms with Crippen LogP contribution in [0.5, 0.6) is 0 Å². The maximum absolute atomic E-state index is 12.9. The van der Waals surface area contributed by atoms with Crippen LogP contribution in [0.1, 0.15) is 356 Å². The topological polar surface area (TPSA) is 78.9 Å². The molecule has 0 spiro atoms. The number of ether oxygens (including phenoxy) is 3. The van der Waals surface area contributed by atoms with Crippen molar-refractivity contribution in [1.29, 1.82) is 0 Å². The standard InChI is InChI=1S/C63H122O6/c1-6-9-10-11-12-13-26-33-38-43-48-53-61(64)67-56-60(57-68-62(65)54-49-44-39-34-29-24-21-20-23-28-32-37-42-47-52-59(5)8-3)69-63(66)55-50-45-40-35-30-25-19-17-15-14-16-18-22-27-31-36-41-46-51-58(4)7-2/h58-60H,6-57H2,1-5H3/t58?,59?,60-/m1/s1. The second kappa shape index (κ2) is 55.7. The molecule has 0 radical (unpaired) electrons. The highest BCUT2D eigenvalue weighted by Gasteiger charge is 2.19. The smallest absolute Gasteiger partial charge is 0.306 e. The van der Waals surface area contributed by atoms with Gasteiger partial charge in [0.05, 0.1) is 0 Å². The quantitative estimate of drug-likeness (QED) is 0.0343. The largest absolute Gasteiger partial charge is 0.462 e. The molecule has 6 nitrogen and oxygen atoms in total. The van der Waals surface area contributed by atoms with E-state index < -0.39 is 6.10 Å². The number of hydrogen-bond acceptors (Lipinski definition) is 6. The van der Waals surface area contributed by atoms with E-state index in [-0.39, 0.29) is 31.1 Å². The molecule has 0 heterocycles. The van der Waals surface area contributed by atoms with E-state index in [2.05, 4.69) is 34.6 Å². The van der Waals surface area contributed by atoms with Crippen LogP contribution in [-0.2, 0) is 28.6 Å². The highest BCUT2D eigenvalue weighted by molar-refractivity contribution is 5.71. The Morgan fingerprint density at radius 2 is 0.507 bits per heavy atom. The second-order valence-corrected chi connectivity index (χ2v) is 22.2. The number of esters is 3. The number of carbonyl (C=O) groups excluding carboxylic acids is 3. The summed E-state index contributed by atoms with van der Waals surface area (Å²) < 4.78 is 16.9. The lowest BCUT2D eigenvalue weighted by Crippen LogP contribution is -2.30. The van der Waals surface area contributed by atoms with Crippen LogP contribution in [0.3, 0.4) is 0 Å². The van der Waals surface area contributed by atoms with Gasteiger partial charge in [0.2, 0.25) is 0 Å². The minimum absolute atomic E-state index is 0.0621. The van der Waals surface area contributed by atoms with Gasteiger partial charge < -0.3 is 14.2 Å². The van der Waals surface area contributed by atoms with Crippen LogP contribution in [0.15, 0.2) is 0 Å². The molecule has 0 bridgehead atoms. The van der Waals surface area contributed by atoms with E-state index in [0.29, 0.717) is 19.3 Å². The molecule has 0 aromatic carbocycles. The van der Waals surface area contributed by atoms with Gasteiger partial charge >= 0.3 is 17.9 Å². The van der Waals surface area contributed by atoms with Gasteiger partial charge in [0.15, 0.2) is 6.10 Å². The molecular weight excluding hydrogens is 853 g/mol. The average molecular weight is 976 g/mol. The van der Waals surface area contributed by atoms with Crippen molar-refractivity contribution in [2.45, 2.75) is 362 Å². The summed E-state index contributed by atoms with van der Waals surface area (Å²) >= 11 is 0. The zero-order valence-electron chi connectivity index (χ0n) is 47.5. The highest BCUT2D eigenvalue weighted by Crippen LogP contribution is 2.19. The van der Waals surface area contributed by atoms with E-state index in [0.717, 1.165) is 69.6 Å². The number of carbonyl (C=O) groups is 3. The molecule has 410 valence electrons. The third-order valence-electron chi connectivity index (χ3n) is 15.2. The highest BCUT2D eigenvalue weighted by atomic mass is 16.6. The van der Waals surface area contributed by atoms with Crippen LogP contribution < -0.4 is 0 Å². The molecule has 0 aliphatic rings. The summed E-state index contributed by atoms with van der Waals surface area (Å²) in [6.07, 6.45) is 60.9. The molecule has 0 aromatic rings. The number of hydrogen-bond donors (Lipinski definition) is 0. The van der Waals surface area contributed by atoms with Gasteiger partial charge in [0, 0.05) is 19.3 Å². The van der Waals surface area contributed by atoms with E-state index in [1.54, 1.807) is 0 Å². The zero-order chi connectivity index (χ0) is 50.4. The Bertz CT molecular complexity index is 1060. The number of rotatable bonds is 57. The van der Waals surface area contributed by atoms with Crippen LogP contribution in [0.4, 0.5) is 0 Å². The van der Waals surface area contributed by atoms with Crippen LogP contribution in [0.2, 0.25) is 0 Å². The molecule has 0 aliphatic heterocycles. The fourth-order valence-corrected chi connectivity index (χ4v) is 9.69. The Morgan fingerprint density at radius 1 is 0.290 bits per heavy atom. The summed E-state index contributed by atoms with van der Waals surface area (Å²) in [6.45, 7) is 11.5. The normalized spacial score (nSPS) is 12.8. The van der Waals surface area contributed by atoms with E-state index in [1.807, 2.05) is 0 Å². The Morgan fingerprint density at radius 3 is 0.754 bits per heavy atom. The summed E-state index contributed by atoms with van der Waals surface area (Å²) in [6, 6.07) is 0. The monoisotopic (exact) mass is 975 g/mol. The van der Waals surface area contributed by atoms with Crippen molar-refractivity contribution < 1.29 is 28.6 Å². The maximum atomic E-state index is 12.9. The van der Waals surface area contributed by atoms with Gasteiger partial charge in [-0.1, -0.05) is 317 Å². The Labute approximate surface area is 431 Å². The third kappa shape index (κ3) is 54.0. The molecule has 0 aromatic heterocycles. The lowest BCUT2D eigenvalue weighted by molar-refractivity contribution is -0.167. The molecule has 0 saturated heterocycles. The molecule has 0 amide bonds. The molecule has 3 atom stereocenters. The van der Waals surface area contributed by atoms with Crippen LogP contribution in [0, 0.1) is 11.8 Å². The first kappa shape index (κ1) is 67.4. The summed E-state index contributed by atoms with van der Waals surface area (Å²) in [7, 11) is 0. The molecule has 2 unspecified atom stereocenters. The van der Waals surface area contributed by atoms with Crippen molar-refractivity contribution in [3.8, 4) is 0 Å². The van der Waals surface area contributed by atoms with Gasteiger partial charge in [-0.05, 0) is 31.1 Å². The van der Waals surface area contributed by atoms with Crippen molar-refractivity contribution in [3.63, 3.8) is 0 Å². The average Bonchev–Trinajstić information content (AvgIpc) is 3.35. The molecule has 0 N–H and O–H groups in total. The van der Waals surface area contributed by atoms with Crippen LogP contribution in [0.25, 0.3) is 0 Å². The second-order valence-electron chi connectivity index (χ2n) is 22.2. The zero-order valence-corrected chi connectivity index (χ0v) is 47.5. The minimum atomic E-state index is -0.763. The lowest BCUT2D eigenvalue weighted by atomic mass is 9.99. The van der Waals surface area contributed by atoms with Crippen molar-refractivity contribution in [2.24, 2.45) is 11.8 Å². The van der Waals surface area contributed by atoms with Crippen molar-refractivity contribution in [1.82, 2.24) is 0 Å². The first-order valence-electron chi connectivity index (χ1n) is 31.3. The van der Waals surface area contributed by atoms with Gasteiger partial charge in [0.1, 0.15) is 13.2 Å². The van der Waals surface area contributed by atoms with Crippen molar-refractivity contribution in [2.75, 3.05) is 13.2 Å². The van der Waals surface area contributed by atoms with Crippen molar-refractivity contribution in [3.05, 3.63) is 0 Å². The molecule has 0 aliphatic carbocycles. The van der Waals surface area contributed by atoms with Gasteiger partial charge in [-0.3, -0.25) is 14.4 Å². The predicted molar refractivity (Wildman–Crippen MR) is 298 cm³/mol. The number of unbranched alkanes of at least 4 members (excludes halogenated alkanes) is 40. The minimum Gasteiger partial charge on any atom is -0.462 e. The Kier molecular flexibility index (Phi) is 54.4. The fourth-order valence-electron chi connectivity index (χ4n) is 9.69. The molecule has 69 heavy (non-hydrogen) atoms. The Balaban J connectivity index is 4.22. The van der Waals surface area contributed by atoms with E-state index >= 15 is 0 Å². The van der Waals surface area contributed by atoms with E-state index in [1.165, 1.54) is 244 Å². The predicted octanol–water partition coefficient (Wildman–Crippen LogP) is 20.8. The molecular formula is C63H122O6. The Hall–Kier alpha value is -1.59. The van der Waals surface area contributed by atoms with E-state index in [4.69, 9.17) is 14.2 Å². The van der Waals surface area contributed by atoms with Gasteiger partial charge in [-0.25, -0.2) is 0 Å². The van der Waals surface area contributed by atoms with Gasteiger partial charge in [-0.2, -0.15) is 0 Å². The van der Waals surface area contributed by atoms with Crippen molar-refractivity contribution >= 4 is 17.9 Å². The third-order valence-corrected chi connectivity index (χ3v) is 15.2. The fraction of sp³-hybridized carbons (Fsp3) is 0.952. The molecule has 0 fully saturated rings. The first-order valence-corrected chi connectivity index (χ1v) is 31.3. The molecule has 6 heteroatoms. The van der Waals surface area contributed by atoms with Crippen LogP contribution in [-0.4, -0.2) is 37.2 Å². The van der Waals surface area contributed by atoms with Gasteiger partial charge in [-0.15, -0.1) is 0 Å². The summed E-state index contributed by atoms with van der Waals surface area (Å²) in [5.41, 5.74) is 0. The first-order chi connectivity index (χ1) is 33.8. The van der Waals surface area contributed by atoms with Gasteiger partial charge in [0.25, 0.3) is 0 Å². The summed E-state index contributed by atoms with van der Waals surface area (Å²) in [5, 5.41) is 0. The summed E-state index contributed by atoms with van der Waals surface area (Å²) in [5.74, 6) is 0.970. The van der Waals surface area contributed by atoms with E-state index in [9.17, 15) is 14.4 Å². The van der Waals surface area contributed by atoms with Crippen LogP contribution >= 0.6 is 0 Å². The maximum Gasteiger partial charge on any atom is 0.306 e. The lowest BCUT2D eigenvalue weighted by Gasteiger charge is -2.18. The summed E-state index contributed by atoms with van der Waals surface area (Å²) in [4.78, 5) is 38.2. The molecule has 0 rings (SSSR count). The molecule has 0 saturated carbocycles.